The molecule has 1 aliphatic carbocycles. The van der Waals surface area contributed by atoms with Gasteiger partial charge in [0.1, 0.15) is 31.1 Å². The lowest BCUT2D eigenvalue weighted by Gasteiger charge is -2.27. The Labute approximate surface area is 244 Å². The molecule has 0 spiro atoms. The maximum absolute atomic E-state index is 13.1. The van der Waals surface area contributed by atoms with Gasteiger partial charge in [0.2, 0.25) is 5.78 Å². The quantitative estimate of drug-likeness (QED) is 0.202. The van der Waals surface area contributed by atoms with Crippen LogP contribution in [-0.4, -0.2) is 94.1 Å². The molecule has 14 nitrogen and oxygen atoms in total. The van der Waals surface area contributed by atoms with Crippen molar-refractivity contribution in [1.82, 2.24) is 4.90 Å². The normalized spacial score (nSPS) is 14.3. The number of benzene rings is 2. The van der Waals surface area contributed by atoms with E-state index in [2.05, 4.69) is 0 Å². The minimum atomic E-state index is -4.84. The molecular weight excluding hydrogens is 588 g/mol. The fourth-order valence-corrected chi connectivity index (χ4v) is 5.18. The minimum Gasteiger partial charge on any atom is -0.480 e. The smallest absolute Gasteiger partial charge is 0.323 e. The van der Waals surface area contributed by atoms with Crippen LogP contribution in [0.1, 0.15) is 18.1 Å². The number of Topliss-reactive ketones (excluding diaryl/α,β-unsaturated/α-hetero) is 1. The summed E-state index contributed by atoms with van der Waals surface area (Å²) in [4.78, 5) is 60.4. The third-order valence-corrected chi connectivity index (χ3v) is 7.03. The predicted octanol–water partition coefficient (Wildman–Crippen LogP) is 1.59. The molecule has 0 aromatic heterocycles. The van der Waals surface area contributed by atoms with Crippen molar-refractivity contribution in [2.45, 2.75) is 11.8 Å². The number of rotatable bonds is 13. The van der Waals surface area contributed by atoms with Gasteiger partial charge >= 0.3 is 23.9 Å². The Bertz CT molecular complexity index is 1670. The average molecular weight is 615 g/mol. The first-order chi connectivity index (χ1) is 20.1. The van der Waals surface area contributed by atoms with Gasteiger partial charge in [0, 0.05) is 11.3 Å². The largest absolute Gasteiger partial charge is 0.480 e. The number of carbonyl (C=O) groups excluding carboxylic acids is 1. The van der Waals surface area contributed by atoms with E-state index in [0.29, 0.717) is 0 Å². The molecule has 0 saturated heterocycles. The lowest BCUT2D eigenvalue weighted by molar-refractivity contribution is -0.141. The van der Waals surface area contributed by atoms with E-state index in [9.17, 15) is 57.4 Å². The van der Waals surface area contributed by atoms with Gasteiger partial charge < -0.3 is 30.2 Å². The van der Waals surface area contributed by atoms with Gasteiger partial charge in [0.15, 0.2) is 0 Å². The van der Waals surface area contributed by atoms with Gasteiger partial charge in [-0.2, -0.15) is 8.42 Å². The summed E-state index contributed by atoms with van der Waals surface area (Å²) in [6, 6.07) is 11.0. The maximum Gasteiger partial charge on any atom is 0.323 e. The number of hydrogen-bond acceptors (Lipinski definition) is 9. The van der Waals surface area contributed by atoms with Crippen molar-refractivity contribution >= 4 is 51.0 Å². The standard InChI is InChI=1S/C28H26N2O12S/c1-16-9-18(11-21(28(16)39)30(14-25(35)36)15-26(37)38)27(20-7-2-3-8-22(20)43(40,41)42)17-5-4-6-19(10-17)29(12-23(31)32)13-24(33)34/h2-11H,12-15H2,1H3,(H,31,32)(H,33,34)(H,35,36)(H,37,38)(H,40,41,42)/b27-18-. The van der Waals surface area contributed by atoms with Crippen molar-refractivity contribution in [2.24, 2.45) is 0 Å². The van der Waals surface area contributed by atoms with Crippen molar-refractivity contribution in [3.8, 4) is 0 Å². The Kier molecular flexibility index (Phi) is 9.85. The first-order valence-corrected chi connectivity index (χ1v) is 13.8. The maximum atomic E-state index is 13.1. The molecule has 2 aromatic carbocycles. The van der Waals surface area contributed by atoms with Crippen LogP contribution in [0.4, 0.5) is 5.69 Å². The molecule has 15 heteroatoms. The highest BCUT2D eigenvalue weighted by Gasteiger charge is 2.29. The van der Waals surface area contributed by atoms with Crippen molar-refractivity contribution < 1.29 is 57.4 Å². The molecule has 0 fully saturated rings. The molecule has 0 amide bonds. The molecule has 0 aliphatic heterocycles. The first-order valence-electron chi connectivity index (χ1n) is 12.3. The van der Waals surface area contributed by atoms with E-state index >= 15 is 0 Å². The summed E-state index contributed by atoms with van der Waals surface area (Å²) >= 11 is 0. The van der Waals surface area contributed by atoms with Gasteiger partial charge in [-0.3, -0.25) is 28.5 Å². The van der Waals surface area contributed by atoms with Crippen LogP contribution in [0.5, 0.6) is 0 Å². The predicted molar refractivity (Wildman–Crippen MR) is 150 cm³/mol. The fourth-order valence-electron chi connectivity index (χ4n) is 4.49. The number of carboxylic acids is 4. The van der Waals surface area contributed by atoms with E-state index in [1.165, 1.54) is 61.5 Å². The lowest BCUT2D eigenvalue weighted by atomic mass is 9.87. The Balaban J connectivity index is 2.43. The molecule has 0 atom stereocenters. The molecule has 5 N–H and O–H groups in total. The van der Waals surface area contributed by atoms with Crippen LogP contribution in [0.3, 0.4) is 0 Å². The molecule has 3 rings (SSSR count). The van der Waals surface area contributed by atoms with Crippen LogP contribution in [0.15, 0.2) is 82.4 Å². The first kappa shape index (κ1) is 32.2. The summed E-state index contributed by atoms with van der Waals surface area (Å²) in [6.45, 7) is -1.70. The number of nitrogens with zero attached hydrogens (tertiary/aromatic N) is 2. The van der Waals surface area contributed by atoms with E-state index < -0.39 is 70.9 Å². The second-order valence-electron chi connectivity index (χ2n) is 9.33. The molecule has 0 saturated carbocycles. The summed E-state index contributed by atoms with van der Waals surface area (Å²) in [5.74, 6) is -6.17. The van der Waals surface area contributed by atoms with Crippen molar-refractivity contribution in [3.05, 3.63) is 88.7 Å². The molecule has 0 radical (unpaired) electrons. The molecule has 43 heavy (non-hydrogen) atoms. The zero-order chi connectivity index (χ0) is 32.1. The highest BCUT2D eigenvalue weighted by atomic mass is 32.2. The molecule has 0 heterocycles. The van der Waals surface area contributed by atoms with Crippen LogP contribution in [-0.2, 0) is 34.1 Å². The number of carbonyl (C=O) groups is 5. The SMILES string of the molecule is CC1=C/C(=C(\c2cccc(N(CC(=O)O)CC(=O)O)c2)c2ccccc2S(=O)(=O)O)C=C(N(CC(=O)O)CC(=O)O)C1=O. The van der Waals surface area contributed by atoms with E-state index in [-0.39, 0.29) is 39.2 Å². The van der Waals surface area contributed by atoms with E-state index in [1.54, 1.807) is 0 Å². The summed E-state index contributed by atoms with van der Waals surface area (Å²) in [6.07, 6.45) is 2.55. The lowest BCUT2D eigenvalue weighted by Crippen LogP contribution is -2.37. The monoisotopic (exact) mass is 614 g/mol. The third kappa shape index (κ3) is 8.15. The highest BCUT2D eigenvalue weighted by Crippen LogP contribution is 2.37. The molecule has 1 aliphatic rings. The number of ketones is 1. The second kappa shape index (κ2) is 13.1. The number of allylic oxidation sites excluding steroid dienone is 4. The van der Waals surface area contributed by atoms with Crippen LogP contribution < -0.4 is 4.90 Å². The molecule has 226 valence electrons. The van der Waals surface area contributed by atoms with Gasteiger partial charge in [-0.15, -0.1) is 0 Å². The Hall–Kier alpha value is -5.28. The van der Waals surface area contributed by atoms with E-state index in [4.69, 9.17) is 0 Å². The summed E-state index contributed by atoms with van der Waals surface area (Å²) in [5, 5.41) is 37.4. The molecule has 0 unspecified atom stereocenters. The summed E-state index contributed by atoms with van der Waals surface area (Å²) < 4.78 is 34.8. The minimum absolute atomic E-state index is 0.0460. The Morgan fingerprint density at radius 1 is 0.744 bits per heavy atom. The van der Waals surface area contributed by atoms with Gasteiger partial charge in [0.25, 0.3) is 10.1 Å². The Morgan fingerprint density at radius 2 is 1.28 bits per heavy atom. The van der Waals surface area contributed by atoms with Gasteiger partial charge in [-0.05, 0) is 59.6 Å². The highest BCUT2D eigenvalue weighted by molar-refractivity contribution is 7.86. The average Bonchev–Trinajstić information content (AvgIpc) is 2.89. The number of anilines is 1. The van der Waals surface area contributed by atoms with Crippen LogP contribution in [0.2, 0.25) is 0 Å². The van der Waals surface area contributed by atoms with E-state index in [0.717, 1.165) is 15.9 Å². The summed E-state index contributed by atoms with van der Waals surface area (Å²) in [5.41, 5.74) is 0.166. The fraction of sp³-hybridized carbons (Fsp3) is 0.179. The number of carboxylic acid groups (broad SMARTS) is 4. The zero-order valence-electron chi connectivity index (χ0n) is 22.5. The number of aliphatic carboxylic acids is 4. The third-order valence-electron chi connectivity index (χ3n) is 6.12. The van der Waals surface area contributed by atoms with Gasteiger partial charge in [0.05, 0.1) is 5.70 Å². The Morgan fingerprint density at radius 3 is 1.81 bits per heavy atom. The van der Waals surface area contributed by atoms with Gasteiger partial charge in [-0.25, -0.2) is 0 Å². The molecule has 2 aromatic rings. The van der Waals surface area contributed by atoms with Crippen LogP contribution in [0.25, 0.3) is 5.57 Å². The molecular formula is C28H26N2O12S. The van der Waals surface area contributed by atoms with Crippen LogP contribution in [0, 0.1) is 0 Å². The van der Waals surface area contributed by atoms with Crippen molar-refractivity contribution in [2.75, 3.05) is 31.1 Å². The van der Waals surface area contributed by atoms with Crippen molar-refractivity contribution in [3.63, 3.8) is 0 Å². The summed E-state index contributed by atoms with van der Waals surface area (Å²) in [7, 11) is -4.84. The van der Waals surface area contributed by atoms with Crippen molar-refractivity contribution in [1.29, 1.82) is 0 Å². The second-order valence-corrected chi connectivity index (χ2v) is 10.7. The van der Waals surface area contributed by atoms with Gasteiger partial charge in [-0.1, -0.05) is 30.3 Å². The van der Waals surface area contributed by atoms with Crippen LogP contribution >= 0.6 is 0 Å². The molecule has 0 bridgehead atoms. The zero-order valence-corrected chi connectivity index (χ0v) is 23.3. The topological polar surface area (TPSA) is 227 Å². The number of hydrogen-bond donors (Lipinski definition) is 5. The van der Waals surface area contributed by atoms with E-state index in [1.807, 2.05) is 0 Å².